The van der Waals surface area contributed by atoms with Crippen LogP contribution in [0.2, 0.25) is 5.02 Å². The summed E-state index contributed by atoms with van der Waals surface area (Å²) < 4.78 is 11.0. The molecule has 2 heterocycles. The number of carbonyl (C=O) groups is 3. The normalized spacial score (nSPS) is 17.2. The molecule has 35 heavy (non-hydrogen) atoms. The van der Waals surface area contributed by atoms with Gasteiger partial charge in [0.2, 0.25) is 11.8 Å². The topological polar surface area (TPSA) is 101 Å². The van der Waals surface area contributed by atoms with E-state index in [9.17, 15) is 14.4 Å². The zero-order valence-corrected chi connectivity index (χ0v) is 20.0. The minimum absolute atomic E-state index is 0.108. The summed E-state index contributed by atoms with van der Waals surface area (Å²) >= 11 is 6.12. The van der Waals surface area contributed by atoms with Gasteiger partial charge in [0.15, 0.2) is 12.1 Å². The summed E-state index contributed by atoms with van der Waals surface area (Å²) in [7, 11) is 0. The number of amides is 3. The number of nitrogens with zero attached hydrogens (tertiary/aromatic N) is 1. The lowest BCUT2D eigenvalue weighted by atomic mass is 10.00. The number of furan rings is 1. The predicted molar refractivity (Wildman–Crippen MR) is 131 cm³/mol. The molecule has 0 bridgehead atoms. The number of rotatable bonds is 9. The van der Waals surface area contributed by atoms with E-state index in [0.29, 0.717) is 28.5 Å². The molecule has 2 atom stereocenters. The molecule has 2 aromatic carbocycles. The van der Waals surface area contributed by atoms with Crippen molar-refractivity contribution in [3.8, 4) is 0 Å². The third kappa shape index (κ3) is 6.02. The summed E-state index contributed by atoms with van der Waals surface area (Å²) in [4.78, 5) is 39.8. The van der Waals surface area contributed by atoms with Crippen LogP contribution in [0.3, 0.4) is 0 Å². The van der Waals surface area contributed by atoms with Crippen LogP contribution in [0.4, 0.5) is 10.5 Å². The maximum Gasteiger partial charge on any atom is 0.411 e. The van der Waals surface area contributed by atoms with E-state index in [1.54, 1.807) is 54.6 Å². The monoisotopic (exact) mass is 495 g/mol. The fourth-order valence-corrected chi connectivity index (χ4v) is 4.19. The van der Waals surface area contributed by atoms with E-state index in [0.717, 1.165) is 12.0 Å². The Morgan fingerprint density at radius 3 is 2.66 bits per heavy atom. The Hall–Kier alpha value is -3.78. The van der Waals surface area contributed by atoms with Crippen molar-refractivity contribution in [3.63, 3.8) is 0 Å². The van der Waals surface area contributed by atoms with Gasteiger partial charge in [-0.2, -0.15) is 0 Å². The number of cyclic esters (lactones) is 1. The van der Waals surface area contributed by atoms with Gasteiger partial charge in [-0.25, -0.2) is 4.79 Å². The van der Waals surface area contributed by atoms with E-state index in [1.165, 1.54) is 11.2 Å². The maximum absolute atomic E-state index is 13.4. The molecule has 1 aromatic heterocycles. The largest absolute Gasteiger partial charge is 0.467 e. The minimum atomic E-state index is -0.946. The summed E-state index contributed by atoms with van der Waals surface area (Å²) in [5.41, 5.74) is 1.93. The molecule has 0 aliphatic carbocycles. The molecule has 0 radical (unpaired) electrons. The van der Waals surface area contributed by atoms with E-state index in [2.05, 4.69) is 10.6 Å². The molecule has 3 amide bonds. The molecule has 1 fully saturated rings. The quantitative estimate of drug-likeness (QED) is 0.432. The van der Waals surface area contributed by atoms with Gasteiger partial charge in [-0.1, -0.05) is 42.8 Å². The Labute approximate surface area is 208 Å². The summed E-state index contributed by atoms with van der Waals surface area (Å²) in [6.07, 6.45) is 1.15. The van der Waals surface area contributed by atoms with E-state index >= 15 is 0 Å². The lowest BCUT2D eigenvalue weighted by molar-refractivity contribution is -0.126. The first kappa shape index (κ1) is 24.3. The summed E-state index contributed by atoms with van der Waals surface area (Å²) in [6.45, 7) is 2.23. The van der Waals surface area contributed by atoms with Crippen molar-refractivity contribution in [2.45, 2.75) is 45.0 Å². The summed E-state index contributed by atoms with van der Waals surface area (Å²) in [6, 6.07) is 16.6. The first-order valence-corrected chi connectivity index (χ1v) is 11.7. The fraction of sp³-hybridized carbons (Fsp3) is 0.269. The van der Waals surface area contributed by atoms with Gasteiger partial charge in [0.1, 0.15) is 5.76 Å². The molecule has 0 unspecified atom stereocenters. The Kier molecular flexibility index (Phi) is 7.72. The van der Waals surface area contributed by atoms with Crippen LogP contribution in [0.25, 0.3) is 0 Å². The number of carbonyl (C=O) groups excluding carboxylic acids is 3. The van der Waals surface area contributed by atoms with E-state index in [4.69, 9.17) is 20.8 Å². The highest BCUT2D eigenvalue weighted by molar-refractivity contribution is 6.30. The lowest BCUT2D eigenvalue weighted by Gasteiger charge is -2.24. The molecule has 2 N–H and O–H groups in total. The SMILES string of the molecule is CCCC(=O)Nc1cccc([C@H]2OC(=O)N(Cc3cccc(Cl)c3)[C@H]2C(=O)NCc2ccco2)c1. The van der Waals surface area contributed by atoms with Crippen molar-refractivity contribution >= 4 is 35.2 Å². The number of hydrogen-bond donors (Lipinski definition) is 2. The highest BCUT2D eigenvalue weighted by atomic mass is 35.5. The molecule has 1 saturated heterocycles. The van der Waals surface area contributed by atoms with Crippen molar-refractivity contribution in [2.24, 2.45) is 0 Å². The van der Waals surface area contributed by atoms with Gasteiger partial charge in [-0.3, -0.25) is 14.5 Å². The van der Waals surface area contributed by atoms with Crippen LogP contribution in [0.5, 0.6) is 0 Å². The summed E-state index contributed by atoms with van der Waals surface area (Å²) in [5.74, 6) is 0.0882. The van der Waals surface area contributed by atoms with Crippen molar-refractivity contribution in [3.05, 3.63) is 88.8 Å². The molecular weight excluding hydrogens is 470 g/mol. The van der Waals surface area contributed by atoms with Crippen LogP contribution in [0.15, 0.2) is 71.3 Å². The van der Waals surface area contributed by atoms with Gasteiger partial charge in [0, 0.05) is 17.1 Å². The van der Waals surface area contributed by atoms with Crippen LogP contribution in [0, 0.1) is 0 Å². The Bertz CT molecular complexity index is 1200. The van der Waals surface area contributed by atoms with Gasteiger partial charge < -0.3 is 19.8 Å². The first-order valence-electron chi connectivity index (χ1n) is 11.4. The average molecular weight is 496 g/mol. The molecule has 8 nitrogen and oxygen atoms in total. The van der Waals surface area contributed by atoms with Crippen molar-refractivity contribution in [1.29, 1.82) is 0 Å². The lowest BCUT2D eigenvalue weighted by Crippen LogP contribution is -2.46. The van der Waals surface area contributed by atoms with Gasteiger partial charge in [-0.05, 0) is 53.9 Å². The standard InChI is InChI=1S/C26H26ClN3O5/c1-2-6-22(31)29-20-10-4-8-18(14-20)24-23(25(32)28-15-21-11-5-12-34-21)30(26(33)35-24)16-17-7-3-9-19(27)13-17/h3-5,7-14,23-24H,2,6,15-16H2,1H3,(H,28,32)(H,29,31)/t23-,24-/m1/s1. The third-order valence-corrected chi connectivity index (χ3v) is 5.82. The van der Waals surface area contributed by atoms with Crippen LogP contribution in [-0.2, 0) is 27.4 Å². The maximum atomic E-state index is 13.4. The van der Waals surface area contributed by atoms with Crippen molar-refractivity contribution in [2.75, 3.05) is 5.32 Å². The fourth-order valence-electron chi connectivity index (χ4n) is 3.98. The number of anilines is 1. The first-order chi connectivity index (χ1) is 16.9. The van der Waals surface area contributed by atoms with Crippen LogP contribution in [0.1, 0.15) is 42.8 Å². The van der Waals surface area contributed by atoms with Crippen LogP contribution < -0.4 is 10.6 Å². The smallest absolute Gasteiger partial charge is 0.411 e. The molecule has 3 aromatic rings. The van der Waals surface area contributed by atoms with Gasteiger partial charge in [0.25, 0.3) is 0 Å². The molecule has 0 saturated carbocycles. The second-order valence-electron chi connectivity index (χ2n) is 8.23. The molecule has 9 heteroatoms. The van der Waals surface area contributed by atoms with E-state index < -0.39 is 18.2 Å². The number of ether oxygens (including phenoxy) is 1. The van der Waals surface area contributed by atoms with E-state index in [-0.39, 0.29) is 24.9 Å². The van der Waals surface area contributed by atoms with E-state index in [1.807, 2.05) is 13.0 Å². The second kappa shape index (κ2) is 11.1. The Morgan fingerprint density at radius 2 is 1.91 bits per heavy atom. The van der Waals surface area contributed by atoms with Crippen LogP contribution >= 0.6 is 11.6 Å². The van der Waals surface area contributed by atoms with Crippen LogP contribution in [-0.4, -0.2) is 28.8 Å². The highest BCUT2D eigenvalue weighted by Crippen LogP contribution is 2.35. The van der Waals surface area contributed by atoms with Gasteiger partial charge >= 0.3 is 6.09 Å². The van der Waals surface area contributed by atoms with Gasteiger partial charge in [0.05, 0.1) is 19.4 Å². The molecule has 0 spiro atoms. The number of hydrogen-bond acceptors (Lipinski definition) is 5. The molecule has 1 aliphatic heterocycles. The Balaban J connectivity index is 1.61. The molecule has 1 aliphatic rings. The minimum Gasteiger partial charge on any atom is -0.467 e. The predicted octanol–water partition coefficient (Wildman–Crippen LogP) is 5.05. The summed E-state index contributed by atoms with van der Waals surface area (Å²) in [5, 5.41) is 6.21. The molecule has 4 rings (SSSR count). The zero-order chi connectivity index (χ0) is 24.8. The third-order valence-electron chi connectivity index (χ3n) is 5.59. The average Bonchev–Trinajstić information content (AvgIpc) is 3.46. The van der Waals surface area contributed by atoms with Crippen molar-refractivity contribution < 1.29 is 23.5 Å². The van der Waals surface area contributed by atoms with Crippen molar-refractivity contribution in [1.82, 2.24) is 10.2 Å². The molecular formula is C26H26ClN3O5. The number of halogens is 1. The highest BCUT2D eigenvalue weighted by Gasteiger charge is 2.47. The number of benzene rings is 2. The van der Waals surface area contributed by atoms with Gasteiger partial charge in [-0.15, -0.1) is 0 Å². The second-order valence-corrected chi connectivity index (χ2v) is 8.66. The molecule has 182 valence electrons. The number of nitrogens with one attached hydrogen (secondary N) is 2. The Morgan fingerprint density at radius 1 is 1.09 bits per heavy atom. The zero-order valence-electron chi connectivity index (χ0n) is 19.2.